The van der Waals surface area contributed by atoms with Gasteiger partial charge in [0.1, 0.15) is 0 Å². The summed E-state index contributed by atoms with van der Waals surface area (Å²) in [5.41, 5.74) is -49.2. The first-order valence-electron chi connectivity index (χ1n) is 36.6. The van der Waals surface area contributed by atoms with Gasteiger partial charge in [-0.25, -0.2) is 191 Å². The molecule has 0 radical (unpaired) electrons. The van der Waals surface area contributed by atoms with Gasteiger partial charge in [0.25, 0.3) is 0 Å². The molecule has 0 atom stereocenters. The van der Waals surface area contributed by atoms with E-state index in [1.165, 1.54) is 0 Å². The van der Waals surface area contributed by atoms with Crippen LogP contribution in [0.4, 0.5) is 176 Å². The second-order valence-corrected chi connectivity index (χ2v) is 28.6. The molecule has 8 aromatic carbocycles. The van der Waals surface area contributed by atoms with E-state index in [9.17, 15) is 0 Å². The van der Waals surface area contributed by atoms with Crippen LogP contribution in [0.15, 0.2) is 139 Å². The lowest BCUT2D eigenvalue weighted by molar-refractivity contribution is 0.376. The van der Waals surface area contributed by atoms with Gasteiger partial charge in [-0.3, -0.25) is 4.99 Å². The third-order valence-electron chi connectivity index (χ3n) is 21.3. The second kappa shape index (κ2) is 33.1. The summed E-state index contributed by atoms with van der Waals surface area (Å²) in [5, 5.41) is -5.82. The third kappa shape index (κ3) is 13.7. The molecule has 12 aromatic rings. The van der Waals surface area contributed by atoms with Crippen molar-refractivity contribution in [1.29, 1.82) is 0 Å². The maximum Gasteiger partial charge on any atom is 0.200 e. The molecule has 17 rings (SSSR count). The van der Waals surface area contributed by atoms with E-state index in [0.717, 1.165) is 0 Å². The number of nitrogens with one attached hydrogen (secondary N) is 4. The van der Waals surface area contributed by atoms with Crippen molar-refractivity contribution in [3.8, 4) is 0 Å². The topological polar surface area (TPSA) is 113 Å². The summed E-state index contributed by atoms with van der Waals surface area (Å²) >= 11 is 0. The van der Waals surface area contributed by atoms with Crippen molar-refractivity contribution >= 4 is 68.6 Å². The second-order valence-electron chi connectivity index (χ2n) is 28.6. The molecule has 48 heteroatoms. The van der Waals surface area contributed by atoms with Gasteiger partial charge in [-0.05, 0) is 84.0 Å². The minimum Gasteiger partial charge on any atom is -0.354 e. The summed E-state index contributed by atoms with van der Waals surface area (Å²) in [4.78, 5) is 23.0. The van der Waals surface area contributed by atoms with Gasteiger partial charge in [0.05, 0.1) is 84.4 Å². The smallest absolute Gasteiger partial charge is 0.200 e. The van der Waals surface area contributed by atoms with Gasteiger partial charge in [0.15, 0.2) is 192 Å². The minimum atomic E-state index is -3.08. The number of halogens is 40. The lowest BCUT2D eigenvalue weighted by atomic mass is 9.94. The highest BCUT2D eigenvalue weighted by atomic mass is 19.2. The zero-order chi connectivity index (χ0) is 98.5. The third-order valence-corrected chi connectivity index (χ3v) is 21.3. The molecule has 1 aliphatic carbocycles. The number of fused-ring (bicyclic) bond motifs is 12. The normalized spacial score (nSPS) is 14.6. The summed E-state index contributed by atoms with van der Waals surface area (Å²) in [6.45, 7) is 0. The van der Waals surface area contributed by atoms with Crippen LogP contribution in [0.3, 0.4) is 0 Å². The number of aromatic nitrogens is 4. The van der Waals surface area contributed by atoms with Crippen LogP contribution in [-0.4, -0.2) is 43.9 Å². The minimum absolute atomic E-state index is 0.0187. The first-order valence-corrected chi connectivity index (χ1v) is 36.6. The standard InChI is InChI=1S/C88H20F40N8/c89-48-40(49(90)65(106)80(121)64(48)105)32-17-1-2-18(13-17)33(41-50(91)66(107)81(122)67(108)51(41)92)21-4-7-28(132-21)38(46-60(101)76(117)86(127)77(118)61(46)102)31-16-130-88(136-31)39(47-62(103)78(119)87(128)79(120)63(47)104)29-12-5-22(133-29)34(42-52(93)68(109)82(123)69(110)53(42)94)19-14-30(129-15-19)37(45-58(99)74(115)85(126)75(116)59(45)100)27-11-10-26(135-27)36(44-56(97)72(113)84(125)73(114)57(44)98)25-9-8-24(134-25)35(23-6-3-20(32)131-23)43-54(95)70(111)83(124)71(112)55(43)96/h1-16,131-133,135H. The Labute approximate surface area is 722 Å². The number of hydrogen-bond acceptors (Lipinski definition) is 4. The summed E-state index contributed by atoms with van der Waals surface area (Å²) in [7, 11) is 0. The van der Waals surface area contributed by atoms with E-state index in [2.05, 4.69) is 20.0 Å². The maximum atomic E-state index is 16.9. The molecule has 0 saturated carbocycles. The molecule has 0 unspecified atom stereocenters. The average Bonchev–Trinajstić information content (AvgIpc) is 1.59. The van der Waals surface area contributed by atoms with Crippen LogP contribution >= 0.6 is 0 Å². The fourth-order valence-corrected chi connectivity index (χ4v) is 15.2. The van der Waals surface area contributed by atoms with E-state index >= 15 is 176 Å². The Kier molecular flexibility index (Phi) is 22.4. The predicted molar refractivity (Wildman–Crippen MR) is 392 cm³/mol. The van der Waals surface area contributed by atoms with Crippen LogP contribution < -0.4 is 21.4 Å². The Morgan fingerprint density at radius 3 is 0.750 bits per heavy atom. The molecule has 4 aromatic heterocycles. The van der Waals surface area contributed by atoms with Gasteiger partial charge in [0.2, 0.25) is 46.5 Å². The van der Waals surface area contributed by atoms with Crippen LogP contribution in [-0.2, 0) is 0 Å². The van der Waals surface area contributed by atoms with Crippen molar-refractivity contribution in [2.45, 2.75) is 0 Å². The molecule has 0 fully saturated rings. The van der Waals surface area contributed by atoms with Crippen molar-refractivity contribution < 1.29 is 176 Å². The number of H-pyrrole nitrogens is 4. The summed E-state index contributed by atoms with van der Waals surface area (Å²) < 4.78 is 645. The summed E-state index contributed by atoms with van der Waals surface area (Å²) in [5.74, 6) is -122. The quantitative estimate of drug-likeness (QED) is 0.0660. The van der Waals surface area contributed by atoms with Gasteiger partial charge in [-0.2, -0.15) is 0 Å². The number of benzene rings is 8. The number of rotatable bonds is 8. The molecule has 16 bridgehead atoms. The summed E-state index contributed by atoms with van der Waals surface area (Å²) in [6.07, 6.45) is 1.39. The predicted octanol–water partition coefficient (Wildman–Crippen LogP) is 21.6. The van der Waals surface area contributed by atoms with Crippen molar-refractivity contribution in [3.05, 3.63) is 440 Å². The zero-order valence-electron chi connectivity index (χ0n) is 64.1. The van der Waals surface area contributed by atoms with Crippen LogP contribution in [0.1, 0.15) is 67.3 Å². The highest BCUT2D eigenvalue weighted by molar-refractivity contribution is 6.31. The lowest BCUT2D eigenvalue weighted by Gasteiger charge is -2.15. The Morgan fingerprint density at radius 2 is 0.419 bits per heavy atom. The molecule has 8 heterocycles. The SMILES string of the molecule is Fc1c(F)c(F)c(C2=C3C=CC(=C3)C(c3c(F)c(F)c(F)c(F)c3F)=c3ccc([nH]3)=C(c3c(F)c(F)c(F)c(F)c3F)C3=NC(=C(c4c(F)c(F)c(F)c(F)c4F)c4ccc([nH]4)C(c4c(F)c(F)c(F)c(F)c4F)=C4C=C(C=N4)C(c4c(F)c(F)c(F)c(F)c4F)=c4ccc([nH]4)=C(c4c(F)c(F)c(F)c(F)c4F)C4=NC(=C(c5c(F)c(F)c(F)c(F)c5F)c5ccc2[nH]5)C=N4)C=C3)c(F)c1F. The van der Waals surface area contributed by atoms with E-state index in [1.807, 2.05) is 19.9 Å². The fourth-order valence-electron chi connectivity index (χ4n) is 15.2. The Morgan fingerprint density at radius 1 is 0.169 bits per heavy atom. The number of aliphatic imine (C=N–C) groups is 4. The Hall–Kier alpha value is -15.8. The van der Waals surface area contributed by atoms with Crippen molar-refractivity contribution in [2.24, 2.45) is 20.0 Å². The van der Waals surface area contributed by atoms with Crippen LogP contribution in [0.2, 0.25) is 0 Å². The van der Waals surface area contributed by atoms with Gasteiger partial charge < -0.3 is 19.9 Å². The molecular formula is C88H20F40N8. The zero-order valence-corrected chi connectivity index (χ0v) is 64.1. The highest BCUT2D eigenvalue weighted by Crippen LogP contribution is 2.48. The monoisotopic (exact) mass is 1950 g/mol. The molecule has 0 spiro atoms. The van der Waals surface area contributed by atoms with Crippen molar-refractivity contribution in [3.63, 3.8) is 0 Å². The van der Waals surface area contributed by atoms with Crippen LogP contribution in [0.5, 0.6) is 0 Å². The van der Waals surface area contributed by atoms with E-state index in [0.29, 0.717) is 12.2 Å². The van der Waals surface area contributed by atoms with Crippen molar-refractivity contribution in [2.75, 3.05) is 0 Å². The first kappa shape index (κ1) is 92.0. The van der Waals surface area contributed by atoms with Crippen LogP contribution in [0, 0.1) is 233 Å². The molecule has 0 saturated heterocycles. The van der Waals surface area contributed by atoms with E-state index in [-0.39, 0.29) is 85.3 Å². The van der Waals surface area contributed by atoms with E-state index in [4.69, 9.17) is 0 Å². The van der Waals surface area contributed by atoms with E-state index in [1.54, 1.807) is 0 Å². The Balaban J connectivity index is 1.09. The lowest BCUT2D eigenvalue weighted by Crippen LogP contribution is -2.23. The fraction of sp³-hybridized carbons (Fsp3) is 0. The molecule has 692 valence electrons. The molecule has 4 N–H and O–H groups in total. The number of allylic oxidation sites excluding steroid dienone is 10. The van der Waals surface area contributed by atoms with E-state index < -0.39 is 411 Å². The molecule has 136 heavy (non-hydrogen) atoms. The largest absolute Gasteiger partial charge is 0.354 e. The molecule has 4 aliphatic heterocycles. The van der Waals surface area contributed by atoms with Crippen molar-refractivity contribution in [1.82, 2.24) is 19.9 Å². The molecule has 5 aliphatic rings. The van der Waals surface area contributed by atoms with Gasteiger partial charge in [-0.15, -0.1) is 0 Å². The Bertz CT molecular complexity index is 7140. The molecule has 0 amide bonds. The molecule has 8 nitrogen and oxygen atoms in total. The number of aromatic amines is 4. The highest BCUT2D eigenvalue weighted by Gasteiger charge is 2.43. The molecular weight excluding hydrogens is 1930 g/mol. The summed E-state index contributed by atoms with van der Waals surface area (Å²) in [6, 6.07) is 2.01. The van der Waals surface area contributed by atoms with Gasteiger partial charge in [0, 0.05) is 89.6 Å². The maximum absolute atomic E-state index is 16.9. The number of nitrogens with zero attached hydrogens (tertiary/aromatic N) is 4. The number of hydrogen-bond donors (Lipinski definition) is 4. The first-order chi connectivity index (χ1) is 64.2. The van der Waals surface area contributed by atoms with Gasteiger partial charge >= 0.3 is 0 Å². The average molecular weight is 1950 g/mol. The van der Waals surface area contributed by atoms with Crippen LogP contribution in [0.25, 0.3) is 44.6 Å². The number of amidine groups is 1. The van der Waals surface area contributed by atoms with Gasteiger partial charge in [-0.1, -0.05) is 12.2 Å².